The molecule has 0 radical (unpaired) electrons. The quantitative estimate of drug-likeness (QED) is 0.440. The van der Waals surface area contributed by atoms with E-state index in [0.29, 0.717) is 17.8 Å². The summed E-state index contributed by atoms with van der Waals surface area (Å²) in [4.78, 5) is 27.9. The van der Waals surface area contributed by atoms with Crippen LogP contribution in [-0.2, 0) is 6.42 Å². The second kappa shape index (κ2) is 9.27. The third-order valence-electron chi connectivity index (χ3n) is 7.16. The van der Waals surface area contributed by atoms with Crippen LogP contribution in [0, 0.1) is 16.6 Å². The van der Waals surface area contributed by atoms with Gasteiger partial charge in [-0.25, -0.2) is 4.39 Å². The molecule has 35 heavy (non-hydrogen) atoms. The predicted molar refractivity (Wildman–Crippen MR) is 136 cm³/mol. The second-order valence-electron chi connectivity index (χ2n) is 9.28. The van der Waals surface area contributed by atoms with Crippen molar-refractivity contribution in [3.63, 3.8) is 0 Å². The molecule has 1 heterocycles. The van der Waals surface area contributed by atoms with Gasteiger partial charge in [-0.1, -0.05) is 29.8 Å². The van der Waals surface area contributed by atoms with Crippen LogP contribution in [0.4, 0.5) is 15.8 Å². The summed E-state index contributed by atoms with van der Waals surface area (Å²) in [6.45, 7) is 0.550. The second-order valence-corrected chi connectivity index (χ2v) is 9.69. The van der Waals surface area contributed by atoms with Gasteiger partial charge in [0.25, 0.3) is 11.8 Å². The van der Waals surface area contributed by atoms with Crippen molar-refractivity contribution in [1.29, 1.82) is 5.41 Å². The molecule has 5 nitrogen and oxygen atoms in total. The van der Waals surface area contributed by atoms with Crippen molar-refractivity contribution < 1.29 is 14.0 Å². The monoisotopic (exact) mass is 489 g/mol. The van der Waals surface area contributed by atoms with Crippen LogP contribution < -0.4 is 10.2 Å². The van der Waals surface area contributed by atoms with Crippen molar-refractivity contribution in [2.45, 2.75) is 32.1 Å². The topological polar surface area (TPSA) is 73.3 Å². The van der Waals surface area contributed by atoms with Crippen molar-refractivity contribution >= 4 is 40.5 Å². The number of nitrogens with zero attached hydrogens (tertiary/aromatic N) is 1. The number of amides is 2. The Morgan fingerprint density at radius 3 is 2.54 bits per heavy atom. The first-order valence-electron chi connectivity index (χ1n) is 11.7. The molecule has 5 rings (SSSR count). The van der Waals surface area contributed by atoms with E-state index < -0.39 is 11.7 Å². The van der Waals surface area contributed by atoms with Gasteiger partial charge in [0.15, 0.2) is 0 Å². The molecule has 1 saturated carbocycles. The SMILES string of the molecule is N=C1CCC[C@@]12CCN(C(=O)c1ccc(NC(=O)c3cc(F)ccc3Cl)cc1)c1ccccc1C2. The van der Waals surface area contributed by atoms with Gasteiger partial charge >= 0.3 is 0 Å². The van der Waals surface area contributed by atoms with Gasteiger partial charge in [0.2, 0.25) is 0 Å². The fraction of sp³-hybridized carbons (Fsp3) is 0.250. The zero-order chi connectivity index (χ0) is 24.6. The van der Waals surface area contributed by atoms with Gasteiger partial charge in [0, 0.05) is 34.6 Å². The highest BCUT2D eigenvalue weighted by molar-refractivity contribution is 6.34. The highest BCUT2D eigenvalue weighted by Gasteiger charge is 2.42. The molecule has 1 fully saturated rings. The number of nitrogens with one attached hydrogen (secondary N) is 2. The van der Waals surface area contributed by atoms with Gasteiger partial charge in [-0.15, -0.1) is 0 Å². The Morgan fingerprint density at radius 2 is 1.80 bits per heavy atom. The van der Waals surface area contributed by atoms with Crippen molar-refractivity contribution in [3.8, 4) is 0 Å². The lowest BCUT2D eigenvalue weighted by atomic mass is 9.76. The first-order valence-corrected chi connectivity index (χ1v) is 12.1. The molecule has 7 heteroatoms. The number of halogens is 2. The van der Waals surface area contributed by atoms with Crippen LogP contribution in [0.25, 0.3) is 0 Å². The number of benzene rings is 3. The Balaban J connectivity index is 1.36. The highest BCUT2D eigenvalue weighted by atomic mass is 35.5. The first kappa shape index (κ1) is 23.2. The zero-order valence-corrected chi connectivity index (χ0v) is 19.9. The van der Waals surface area contributed by atoms with Crippen molar-refractivity contribution in [1.82, 2.24) is 0 Å². The Bertz CT molecular complexity index is 1320. The fourth-order valence-electron chi connectivity index (χ4n) is 5.25. The van der Waals surface area contributed by atoms with Crippen molar-refractivity contribution in [2.75, 3.05) is 16.8 Å². The maximum Gasteiger partial charge on any atom is 0.258 e. The van der Waals surface area contributed by atoms with E-state index in [1.54, 1.807) is 24.3 Å². The van der Waals surface area contributed by atoms with Crippen LogP contribution in [0.3, 0.4) is 0 Å². The van der Waals surface area contributed by atoms with E-state index in [0.717, 1.165) is 55.1 Å². The largest absolute Gasteiger partial charge is 0.322 e. The van der Waals surface area contributed by atoms with Gasteiger partial charge < -0.3 is 15.6 Å². The minimum Gasteiger partial charge on any atom is -0.322 e. The molecule has 1 spiro atoms. The molecule has 1 aliphatic carbocycles. The van der Waals surface area contributed by atoms with Gasteiger partial charge in [0.1, 0.15) is 5.82 Å². The smallest absolute Gasteiger partial charge is 0.258 e. The van der Waals surface area contributed by atoms with Crippen LogP contribution in [0.15, 0.2) is 66.7 Å². The summed E-state index contributed by atoms with van der Waals surface area (Å²) in [5.41, 5.74) is 3.66. The van der Waals surface area contributed by atoms with Crippen LogP contribution in [0.5, 0.6) is 0 Å². The molecular weight excluding hydrogens is 465 g/mol. The number of hydrogen-bond donors (Lipinski definition) is 2. The minimum atomic E-state index is -0.548. The van der Waals surface area contributed by atoms with E-state index in [1.807, 2.05) is 23.1 Å². The minimum absolute atomic E-state index is 0.0411. The number of hydrogen-bond acceptors (Lipinski definition) is 3. The molecule has 2 N–H and O–H groups in total. The molecule has 0 bridgehead atoms. The maximum atomic E-state index is 13.6. The third kappa shape index (κ3) is 4.46. The standard InChI is InChI=1S/C28H25ClFN3O2/c29-23-12-9-20(30)16-22(23)26(34)32-21-10-7-18(8-11-21)27(35)33-15-14-28(13-3-6-25(28)31)17-19-4-1-2-5-24(19)33/h1-2,4-5,7-12,16,31H,3,6,13-15,17H2,(H,32,34)/t28-/m0/s1. The molecular formula is C28H25ClFN3O2. The number of anilines is 2. The zero-order valence-electron chi connectivity index (χ0n) is 19.1. The molecule has 178 valence electrons. The van der Waals surface area contributed by atoms with E-state index in [-0.39, 0.29) is 21.9 Å². The lowest BCUT2D eigenvalue weighted by molar-refractivity contribution is 0.0984. The van der Waals surface area contributed by atoms with Crippen molar-refractivity contribution in [2.24, 2.45) is 5.41 Å². The molecule has 2 amide bonds. The van der Waals surface area contributed by atoms with E-state index in [1.165, 1.54) is 12.1 Å². The van der Waals surface area contributed by atoms with Gasteiger partial charge in [-0.05, 0) is 86.2 Å². The lowest BCUT2D eigenvalue weighted by Crippen LogP contribution is -2.34. The molecule has 0 unspecified atom stereocenters. The lowest BCUT2D eigenvalue weighted by Gasteiger charge is -2.28. The molecule has 0 aromatic heterocycles. The summed E-state index contributed by atoms with van der Waals surface area (Å²) in [6, 6.07) is 18.2. The van der Waals surface area contributed by atoms with E-state index in [2.05, 4.69) is 11.4 Å². The van der Waals surface area contributed by atoms with E-state index >= 15 is 0 Å². The number of fused-ring (bicyclic) bond motifs is 1. The average Bonchev–Trinajstić information content (AvgIpc) is 3.11. The predicted octanol–water partition coefficient (Wildman–Crippen LogP) is 6.51. The van der Waals surface area contributed by atoms with E-state index in [9.17, 15) is 14.0 Å². The Hall–Kier alpha value is -3.51. The van der Waals surface area contributed by atoms with Crippen LogP contribution in [0.1, 0.15) is 52.0 Å². The number of carbonyl (C=O) groups is 2. The Kier molecular flexibility index (Phi) is 6.15. The summed E-state index contributed by atoms with van der Waals surface area (Å²) in [5, 5.41) is 11.4. The number of para-hydroxylation sites is 1. The normalized spacial score (nSPS) is 19.4. The fourth-order valence-corrected chi connectivity index (χ4v) is 5.45. The van der Waals surface area contributed by atoms with E-state index in [4.69, 9.17) is 17.0 Å². The highest BCUT2D eigenvalue weighted by Crippen LogP contribution is 2.45. The molecule has 1 aliphatic heterocycles. The molecule has 1 atom stereocenters. The van der Waals surface area contributed by atoms with Crippen LogP contribution in [-0.4, -0.2) is 24.1 Å². The summed E-state index contributed by atoms with van der Waals surface area (Å²) < 4.78 is 13.5. The first-order chi connectivity index (χ1) is 16.9. The molecule has 0 saturated heterocycles. The average molecular weight is 490 g/mol. The summed E-state index contributed by atoms with van der Waals surface area (Å²) >= 11 is 6.03. The molecule has 3 aromatic rings. The Labute approximate surface area is 208 Å². The maximum absolute atomic E-state index is 13.6. The summed E-state index contributed by atoms with van der Waals surface area (Å²) in [6.07, 6.45) is 4.42. The molecule has 3 aromatic carbocycles. The van der Waals surface area contributed by atoms with Gasteiger partial charge in [-0.3, -0.25) is 9.59 Å². The molecule has 2 aliphatic rings. The number of rotatable bonds is 3. The van der Waals surface area contributed by atoms with Gasteiger partial charge in [-0.2, -0.15) is 0 Å². The summed E-state index contributed by atoms with van der Waals surface area (Å²) in [7, 11) is 0. The number of carbonyl (C=O) groups excluding carboxylic acids is 2. The van der Waals surface area contributed by atoms with Crippen LogP contribution >= 0.6 is 11.6 Å². The third-order valence-corrected chi connectivity index (χ3v) is 7.48. The summed E-state index contributed by atoms with van der Waals surface area (Å²) in [5.74, 6) is -1.20. The Morgan fingerprint density at radius 1 is 1.03 bits per heavy atom. The van der Waals surface area contributed by atoms with Crippen LogP contribution in [0.2, 0.25) is 5.02 Å². The van der Waals surface area contributed by atoms with Gasteiger partial charge in [0.05, 0.1) is 10.6 Å². The van der Waals surface area contributed by atoms with Crippen molar-refractivity contribution in [3.05, 3.63) is 94.3 Å².